The standard InChI is InChI=1S/C12H14ClNO4/c1-6-4-9-11(18-3-2-17-9)10(13)7(6)5-8(14)12(15)16/h4,8H,2-3,5,14H2,1H3,(H,15,16). The molecule has 0 amide bonds. The maximum Gasteiger partial charge on any atom is 0.320 e. The number of fused-ring (bicyclic) bond motifs is 1. The number of halogens is 1. The zero-order valence-corrected chi connectivity index (χ0v) is 10.7. The van der Waals surface area contributed by atoms with E-state index >= 15 is 0 Å². The van der Waals surface area contributed by atoms with Crippen LogP contribution in [0.25, 0.3) is 0 Å². The maximum atomic E-state index is 10.8. The lowest BCUT2D eigenvalue weighted by atomic mass is 10.00. The van der Waals surface area contributed by atoms with Gasteiger partial charge in [-0.2, -0.15) is 0 Å². The Morgan fingerprint density at radius 3 is 2.89 bits per heavy atom. The SMILES string of the molecule is Cc1cc2c(c(Cl)c1CC(N)C(=O)O)OCCO2. The van der Waals surface area contributed by atoms with Crippen molar-refractivity contribution >= 4 is 17.6 Å². The summed E-state index contributed by atoms with van der Waals surface area (Å²) >= 11 is 6.23. The number of hydrogen-bond acceptors (Lipinski definition) is 4. The lowest BCUT2D eigenvalue weighted by molar-refractivity contribution is -0.138. The van der Waals surface area contributed by atoms with E-state index in [0.717, 1.165) is 5.56 Å². The van der Waals surface area contributed by atoms with Gasteiger partial charge in [0.1, 0.15) is 19.3 Å². The highest BCUT2D eigenvalue weighted by Crippen LogP contribution is 2.41. The van der Waals surface area contributed by atoms with Crippen LogP contribution in [0.2, 0.25) is 5.02 Å². The van der Waals surface area contributed by atoms with Gasteiger partial charge in [-0.1, -0.05) is 11.6 Å². The second kappa shape index (κ2) is 5.04. The van der Waals surface area contributed by atoms with Crippen LogP contribution in [-0.2, 0) is 11.2 Å². The van der Waals surface area contributed by atoms with E-state index < -0.39 is 12.0 Å². The van der Waals surface area contributed by atoms with E-state index in [1.165, 1.54) is 0 Å². The van der Waals surface area contributed by atoms with E-state index in [-0.39, 0.29) is 6.42 Å². The summed E-state index contributed by atoms with van der Waals surface area (Å²) in [6, 6.07) is 0.813. The quantitative estimate of drug-likeness (QED) is 0.868. The van der Waals surface area contributed by atoms with E-state index in [2.05, 4.69) is 0 Å². The van der Waals surface area contributed by atoms with Gasteiger partial charge in [-0.25, -0.2) is 0 Å². The van der Waals surface area contributed by atoms with Crippen LogP contribution in [0.15, 0.2) is 6.07 Å². The second-order valence-electron chi connectivity index (χ2n) is 4.16. The first kappa shape index (κ1) is 13.0. The molecule has 98 valence electrons. The highest BCUT2D eigenvalue weighted by Gasteiger charge is 2.23. The van der Waals surface area contributed by atoms with Crippen molar-refractivity contribution in [2.45, 2.75) is 19.4 Å². The van der Waals surface area contributed by atoms with Gasteiger partial charge in [0, 0.05) is 6.42 Å². The van der Waals surface area contributed by atoms with Gasteiger partial charge in [-0.15, -0.1) is 0 Å². The molecule has 0 bridgehead atoms. The third kappa shape index (κ3) is 2.37. The van der Waals surface area contributed by atoms with Gasteiger partial charge in [-0.3, -0.25) is 4.79 Å². The zero-order valence-electron chi connectivity index (χ0n) is 9.90. The first-order valence-corrected chi connectivity index (χ1v) is 5.94. The van der Waals surface area contributed by atoms with Crippen molar-refractivity contribution in [2.75, 3.05) is 13.2 Å². The molecule has 6 heteroatoms. The van der Waals surface area contributed by atoms with Crippen LogP contribution in [0.5, 0.6) is 11.5 Å². The van der Waals surface area contributed by atoms with Gasteiger partial charge in [0.15, 0.2) is 11.5 Å². The largest absolute Gasteiger partial charge is 0.486 e. The predicted octanol–water partition coefficient (Wildman–Crippen LogP) is 1.37. The summed E-state index contributed by atoms with van der Waals surface area (Å²) in [6.07, 6.45) is 0.163. The molecular formula is C12H14ClNO4. The van der Waals surface area contributed by atoms with E-state index in [4.69, 9.17) is 31.9 Å². The second-order valence-corrected chi connectivity index (χ2v) is 4.54. The van der Waals surface area contributed by atoms with Crippen molar-refractivity contribution in [1.82, 2.24) is 0 Å². The topological polar surface area (TPSA) is 81.8 Å². The summed E-state index contributed by atoms with van der Waals surface area (Å²) in [4.78, 5) is 10.8. The Hall–Kier alpha value is -1.46. The lowest BCUT2D eigenvalue weighted by Gasteiger charge is -2.22. The number of rotatable bonds is 3. The van der Waals surface area contributed by atoms with Crippen LogP contribution in [0.1, 0.15) is 11.1 Å². The number of carboxylic acids is 1. The molecule has 5 nitrogen and oxygen atoms in total. The summed E-state index contributed by atoms with van der Waals surface area (Å²) in [6.45, 7) is 2.75. The Labute approximate surface area is 109 Å². The smallest absolute Gasteiger partial charge is 0.320 e. The average Bonchev–Trinajstić information content (AvgIpc) is 2.34. The normalized spacial score (nSPS) is 15.3. The Morgan fingerprint density at radius 1 is 1.56 bits per heavy atom. The first-order valence-electron chi connectivity index (χ1n) is 5.56. The molecule has 1 unspecified atom stereocenters. The third-order valence-electron chi connectivity index (χ3n) is 2.84. The number of carboxylic acid groups (broad SMARTS) is 1. The minimum Gasteiger partial charge on any atom is -0.486 e. The van der Waals surface area contributed by atoms with E-state index in [1.54, 1.807) is 6.07 Å². The maximum absolute atomic E-state index is 10.8. The molecule has 3 N–H and O–H groups in total. The fraction of sp³-hybridized carbons (Fsp3) is 0.417. The van der Waals surface area contributed by atoms with Crippen LogP contribution >= 0.6 is 11.6 Å². The summed E-state index contributed by atoms with van der Waals surface area (Å²) in [5.74, 6) is 0.0119. The number of hydrogen-bond donors (Lipinski definition) is 2. The number of carbonyl (C=O) groups is 1. The van der Waals surface area contributed by atoms with Crippen LogP contribution in [0.4, 0.5) is 0 Å². The summed E-state index contributed by atoms with van der Waals surface area (Å²) < 4.78 is 10.9. The van der Waals surface area contributed by atoms with Gasteiger partial charge < -0.3 is 20.3 Å². The zero-order chi connectivity index (χ0) is 13.3. The molecule has 0 spiro atoms. The molecule has 0 radical (unpaired) electrons. The van der Waals surface area contributed by atoms with E-state index in [9.17, 15) is 4.79 Å². The summed E-state index contributed by atoms with van der Waals surface area (Å²) in [5.41, 5.74) is 7.07. The van der Waals surface area contributed by atoms with E-state index in [1.807, 2.05) is 6.92 Å². The molecular weight excluding hydrogens is 258 g/mol. The monoisotopic (exact) mass is 271 g/mol. The minimum absolute atomic E-state index is 0.163. The van der Waals surface area contributed by atoms with Gasteiger partial charge in [-0.05, 0) is 24.1 Å². The Balaban J connectivity index is 2.38. The molecule has 0 aliphatic carbocycles. The van der Waals surface area contributed by atoms with Crippen LogP contribution in [0, 0.1) is 6.92 Å². The average molecular weight is 272 g/mol. The number of aryl methyl sites for hydroxylation is 1. The minimum atomic E-state index is -1.06. The van der Waals surface area contributed by atoms with Crippen molar-refractivity contribution < 1.29 is 19.4 Å². The highest BCUT2D eigenvalue weighted by molar-refractivity contribution is 6.33. The van der Waals surface area contributed by atoms with Crippen molar-refractivity contribution in [3.8, 4) is 11.5 Å². The van der Waals surface area contributed by atoms with Crippen molar-refractivity contribution in [3.05, 3.63) is 22.2 Å². The first-order chi connectivity index (χ1) is 8.50. The Morgan fingerprint density at radius 2 is 2.22 bits per heavy atom. The van der Waals surface area contributed by atoms with Crippen LogP contribution < -0.4 is 15.2 Å². The number of aliphatic carboxylic acids is 1. The predicted molar refractivity (Wildman–Crippen MR) is 66.5 cm³/mol. The van der Waals surface area contributed by atoms with Crippen molar-refractivity contribution in [1.29, 1.82) is 0 Å². The van der Waals surface area contributed by atoms with Crippen LogP contribution in [0.3, 0.4) is 0 Å². The molecule has 1 heterocycles. The van der Waals surface area contributed by atoms with Gasteiger partial charge in [0.05, 0.1) is 5.02 Å². The number of ether oxygens (including phenoxy) is 2. The molecule has 0 aromatic heterocycles. The number of benzene rings is 1. The van der Waals surface area contributed by atoms with Gasteiger partial charge in [0.2, 0.25) is 0 Å². The Bertz CT molecular complexity index is 489. The molecule has 0 saturated heterocycles. The van der Waals surface area contributed by atoms with E-state index in [0.29, 0.717) is 35.3 Å². The molecule has 1 aliphatic heterocycles. The van der Waals surface area contributed by atoms with Gasteiger partial charge >= 0.3 is 5.97 Å². The molecule has 1 atom stereocenters. The van der Waals surface area contributed by atoms with Crippen LogP contribution in [-0.4, -0.2) is 30.3 Å². The molecule has 1 aromatic carbocycles. The summed E-state index contributed by atoms with van der Waals surface area (Å²) in [7, 11) is 0. The molecule has 18 heavy (non-hydrogen) atoms. The fourth-order valence-corrected chi connectivity index (χ4v) is 2.24. The molecule has 0 saturated carbocycles. The number of nitrogens with two attached hydrogens (primary N) is 1. The Kier molecular flexibility index (Phi) is 3.63. The lowest BCUT2D eigenvalue weighted by Crippen LogP contribution is -2.32. The highest BCUT2D eigenvalue weighted by atomic mass is 35.5. The van der Waals surface area contributed by atoms with Crippen molar-refractivity contribution in [3.63, 3.8) is 0 Å². The molecule has 1 aliphatic rings. The fourth-order valence-electron chi connectivity index (χ4n) is 1.86. The molecule has 2 rings (SSSR count). The van der Waals surface area contributed by atoms with Gasteiger partial charge in [0.25, 0.3) is 0 Å². The third-order valence-corrected chi connectivity index (χ3v) is 3.24. The summed E-state index contributed by atoms with van der Waals surface area (Å²) in [5, 5.41) is 9.23. The molecule has 1 aromatic rings. The molecule has 0 fully saturated rings. The van der Waals surface area contributed by atoms with Crippen molar-refractivity contribution in [2.24, 2.45) is 5.73 Å².